The molecule has 1 aliphatic carbocycles. The van der Waals surface area contributed by atoms with Crippen molar-refractivity contribution in [3.8, 4) is 5.75 Å². The van der Waals surface area contributed by atoms with E-state index in [-0.39, 0.29) is 5.41 Å². The van der Waals surface area contributed by atoms with Gasteiger partial charge in [0.05, 0.1) is 6.61 Å². The molecule has 0 amide bonds. The van der Waals surface area contributed by atoms with Crippen LogP contribution in [0.25, 0.3) is 0 Å². The minimum Gasteiger partial charge on any atom is -0.491 e. The Morgan fingerprint density at radius 1 is 1.00 bits per heavy atom. The monoisotopic (exact) mass is 367 g/mol. The Morgan fingerprint density at radius 2 is 1.74 bits per heavy atom. The molecule has 1 saturated carbocycles. The molecule has 0 bridgehead atoms. The third-order valence-electron chi connectivity index (χ3n) is 5.00. The van der Waals surface area contributed by atoms with Crippen molar-refractivity contribution in [2.24, 2.45) is 4.99 Å². The normalized spacial score (nSPS) is 15.3. The van der Waals surface area contributed by atoms with E-state index in [1.165, 1.54) is 24.0 Å². The van der Waals surface area contributed by atoms with Crippen molar-refractivity contribution in [3.63, 3.8) is 0 Å². The minimum absolute atomic E-state index is 0.264. The van der Waals surface area contributed by atoms with Gasteiger partial charge in [-0.3, -0.25) is 4.99 Å². The summed E-state index contributed by atoms with van der Waals surface area (Å²) in [5, 5.41) is 6.87. The van der Waals surface area contributed by atoms with Gasteiger partial charge in [0.25, 0.3) is 0 Å². The molecule has 2 aromatic rings. The topological polar surface area (TPSA) is 54.9 Å². The molecule has 144 valence electrons. The molecule has 2 aromatic carbocycles. The van der Waals surface area contributed by atoms with Crippen molar-refractivity contribution in [3.05, 3.63) is 65.7 Å². The van der Waals surface area contributed by atoms with Crippen LogP contribution in [0.15, 0.2) is 59.6 Å². The van der Waals surface area contributed by atoms with Crippen LogP contribution in [0.5, 0.6) is 5.75 Å². The number of rotatable bonds is 9. The van der Waals surface area contributed by atoms with Gasteiger partial charge in [0.15, 0.2) is 5.96 Å². The van der Waals surface area contributed by atoms with E-state index in [9.17, 15) is 0 Å². The van der Waals surface area contributed by atoms with E-state index in [4.69, 9.17) is 9.47 Å². The lowest BCUT2D eigenvalue weighted by atomic mass is 9.96. The molecular formula is C22H29N3O2. The van der Waals surface area contributed by atoms with Gasteiger partial charge in [-0.2, -0.15) is 0 Å². The van der Waals surface area contributed by atoms with Crippen molar-refractivity contribution >= 4 is 5.96 Å². The Labute approximate surface area is 161 Å². The van der Waals surface area contributed by atoms with Crippen LogP contribution in [-0.2, 0) is 16.7 Å². The molecule has 0 atom stereocenters. The second kappa shape index (κ2) is 9.42. The first kappa shape index (κ1) is 19.2. The number of benzene rings is 2. The molecule has 0 spiro atoms. The summed E-state index contributed by atoms with van der Waals surface area (Å²) in [5.74, 6) is 1.69. The number of methoxy groups -OCH3 is 1. The second-order valence-electron chi connectivity index (χ2n) is 6.91. The molecule has 2 N–H and O–H groups in total. The van der Waals surface area contributed by atoms with E-state index in [1.54, 1.807) is 7.11 Å². The molecule has 3 rings (SSSR count). The minimum atomic E-state index is 0.264. The Morgan fingerprint density at radius 3 is 2.37 bits per heavy atom. The van der Waals surface area contributed by atoms with Crippen LogP contribution < -0.4 is 15.4 Å². The molecule has 0 radical (unpaired) electrons. The van der Waals surface area contributed by atoms with Crippen LogP contribution in [0.4, 0.5) is 0 Å². The molecular weight excluding hydrogens is 338 g/mol. The zero-order chi connectivity index (χ0) is 19.0. The average molecular weight is 367 g/mol. The first-order valence-electron chi connectivity index (χ1n) is 9.46. The predicted octanol–water partition coefficient (Wildman–Crippen LogP) is 3.11. The van der Waals surface area contributed by atoms with E-state index in [0.717, 1.165) is 24.8 Å². The van der Waals surface area contributed by atoms with Crippen molar-refractivity contribution in [2.45, 2.75) is 24.8 Å². The third-order valence-corrected chi connectivity index (χ3v) is 5.00. The highest BCUT2D eigenvalue weighted by Crippen LogP contribution is 2.47. The van der Waals surface area contributed by atoms with Gasteiger partial charge in [0, 0.05) is 32.7 Å². The molecule has 0 saturated heterocycles. The summed E-state index contributed by atoms with van der Waals surface area (Å²) in [6, 6.07) is 18.8. The molecule has 1 fully saturated rings. The van der Waals surface area contributed by atoms with E-state index >= 15 is 0 Å². The number of guanidine groups is 1. The number of aliphatic imine (C=N–C) groups is 1. The molecule has 0 aromatic heterocycles. The van der Waals surface area contributed by atoms with Crippen molar-refractivity contribution in [1.82, 2.24) is 10.6 Å². The zero-order valence-corrected chi connectivity index (χ0v) is 16.2. The van der Waals surface area contributed by atoms with Gasteiger partial charge in [-0.05, 0) is 36.1 Å². The standard InChI is InChI=1S/C22H29N3O2/c1-23-21(25-17-22(12-13-22)19-6-4-3-5-7-19)24-16-18-8-10-20(11-9-18)27-15-14-26-2/h3-11H,12-17H2,1-2H3,(H2,23,24,25). The maximum Gasteiger partial charge on any atom is 0.191 e. The summed E-state index contributed by atoms with van der Waals surface area (Å²) in [5.41, 5.74) is 2.86. The summed E-state index contributed by atoms with van der Waals surface area (Å²) in [6.45, 7) is 2.78. The van der Waals surface area contributed by atoms with Gasteiger partial charge < -0.3 is 20.1 Å². The Bertz CT molecular complexity index is 725. The van der Waals surface area contributed by atoms with Crippen molar-refractivity contribution < 1.29 is 9.47 Å². The van der Waals surface area contributed by atoms with Gasteiger partial charge in [0.2, 0.25) is 0 Å². The second-order valence-corrected chi connectivity index (χ2v) is 6.91. The number of ether oxygens (including phenoxy) is 2. The molecule has 27 heavy (non-hydrogen) atoms. The average Bonchev–Trinajstić information content (AvgIpc) is 3.51. The Kier molecular flexibility index (Phi) is 6.71. The molecule has 0 heterocycles. The van der Waals surface area contributed by atoms with Gasteiger partial charge in [0.1, 0.15) is 12.4 Å². The lowest BCUT2D eigenvalue weighted by Gasteiger charge is -2.19. The summed E-state index contributed by atoms with van der Waals surface area (Å²) in [7, 11) is 3.48. The van der Waals surface area contributed by atoms with Gasteiger partial charge in [-0.25, -0.2) is 0 Å². The number of nitrogens with one attached hydrogen (secondary N) is 2. The van der Waals surface area contributed by atoms with Gasteiger partial charge >= 0.3 is 0 Å². The van der Waals surface area contributed by atoms with Gasteiger partial charge in [-0.15, -0.1) is 0 Å². The fraction of sp³-hybridized carbons (Fsp3) is 0.409. The largest absolute Gasteiger partial charge is 0.491 e. The number of hydrogen-bond acceptors (Lipinski definition) is 3. The first-order valence-corrected chi connectivity index (χ1v) is 9.46. The highest BCUT2D eigenvalue weighted by atomic mass is 16.5. The van der Waals surface area contributed by atoms with Crippen LogP contribution in [0.1, 0.15) is 24.0 Å². The maximum absolute atomic E-state index is 5.59. The summed E-state index contributed by atoms with van der Waals surface area (Å²) in [4.78, 5) is 4.35. The van der Waals surface area contributed by atoms with E-state index in [1.807, 2.05) is 19.2 Å². The molecule has 1 aliphatic rings. The van der Waals surface area contributed by atoms with Gasteiger partial charge in [-0.1, -0.05) is 42.5 Å². The maximum atomic E-state index is 5.59. The fourth-order valence-electron chi connectivity index (χ4n) is 3.12. The lowest BCUT2D eigenvalue weighted by molar-refractivity contribution is 0.146. The number of nitrogens with zero attached hydrogens (tertiary/aromatic N) is 1. The van der Waals surface area contributed by atoms with Crippen molar-refractivity contribution in [1.29, 1.82) is 0 Å². The van der Waals surface area contributed by atoms with E-state index < -0.39 is 0 Å². The summed E-state index contributed by atoms with van der Waals surface area (Å²) >= 11 is 0. The van der Waals surface area contributed by atoms with E-state index in [0.29, 0.717) is 13.2 Å². The van der Waals surface area contributed by atoms with Crippen LogP contribution in [0, 0.1) is 0 Å². The molecule has 5 heteroatoms. The van der Waals surface area contributed by atoms with E-state index in [2.05, 4.69) is 58.1 Å². The highest BCUT2D eigenvalue weighted by molar-refractivity contribution is 5.79. The third kappa shape index (κ3) is 5.47. The first-order chi connectivity index (χ1) is 13.3. The Balaban J connectivity index is 1.46. The molecule has 0 unspecified atom stereocenters. The molecule has 0 aliphatic heterocycles. The summed E-state index contributed by atoms with van der Waals surface area (Å²) in [6.07, 6.45) is 2.46. The van der Waals surface area contributed by atoms with Crippen LogP contribution in [-0.4, -0.2) is 39.9 Å². The lowest BCUT2D eigenvalue weighted by Crippen LogP contribution is -2.40. The molecule has 5 nitrogen and oxygen atoms in total. The van der Waals surface area contributed by atoms with Crippen LogP contribution in [0.3, 0.4) is 0 Å². The smallest absolute Gasteiger partial charge is 0.191 e. The van der Waals surface area contributed by atoms with Crippen LogP contribution >= 0.6 is 0 Å². The van der Waals surface area contributed by atoms with Crippen molar-refractivity contribution in [2.75, 3.05) is 33.9 Å². The number of hydrogen-bond donors (Lipinski definition) is 2. The Hall–Kier alpha value is -2.53. The van der Waals surface area contributed by atoms with Crippen LogP contribution in [0.2, 0.25) is 0 Å². The SMILES string of the molecule is CN=C(NCc1ccc(OCCOC)cc1)NCC1(c2ccccc2)CC1. The predicted molar refractivity (Wildman–Crippen MR) is 109 cm³/mol. The fourth-order valence-corrected chi connectivity index (χ4v) is 3.12. The zero-order valence-electron chi connectivity index (χ0n) is 16.2. The quantitative estimate of drug-likeness (QED) is 0.406. The highest BCUT2D eigenvalue weighted by Gasteiger charge is 2.43. The summed E-state index contributed by atoms with van der Waals surface area (Å²) < 4.78 is 10.6.